The quantitative estimate of drug-likeness (QED) is 0.228. The van der Waals surface area contributed by atoms with Crippen molar-refractivity contribution in [3.8, 4) is 39.7 Å². The number of fused-ring (bicyclic) bond motifs is 2. The zero-order valence-corrected chi connectivity index (χ0v) is 22.1. The first-order chi connectivity index (χ1) is 20.6. The molecule has 7 rings (SSSR count). The lowest BCUT2D eigenvalue weighted by atomic mass is 10.1. The molecule has 0 unspecified atom stereocenters. The van der Waals surface area contributed by atoms with Gasteiger partial charge in [0.05, 0.1) is 30.2 Å². The molecular formula is C31H21FN8O2. The predicted octanol–water partition coefficient (Wildman–Crippen LogP) is 6.03. The molecule has 2 aromatic carbocycles. The molecule has 5 heterocycles. The number of methoxy groups -OCH3 is 1. The van der Waals surface area contributed by atoms with Crippen molar-refractivity contribution < 1.29 is 13.9 Å². The van der Waals surface area contributed by atoms with Crippen molar-refractivity contribution in [3.63, 3.8) is 0 Å². The summed E-state index contributed by atoms with van der Waals surface area (Å²) in [5.74, 6) is 0.202. The summed E-state index contributed by atoms with van der Waals surface area (Å²) in [7, 11) is 1.49. The summed E-state index contributed by atoms with van der Waals surface area (Å²) in [6.07, 6.45) is 4.89. The zero-order chi connectivity index (χ0) is 28.6. The third-order valence-electron chi connectivity index (χ3n) is 6.76. The van der Waals surface area contributed by atoms with E-state index in [1.165, 1.54) is 19.2 Å². The molecule has 0 aliphatic heterocycles. The van der Waals surface area contributed by atoms with Crippen molar-refractivity contribution in [1.29, 1.82) is 0 Å². The summed E-state index contributed by atoms with van der Waals surface area (Å²) in [6, 6.07) is 20.8. The molecule has 0 atom stereocenters. The van der Waals surface area contributed by atoms with Crippen molar-refractivity contribution in [3.05, 3.63) is 103 Å². The molecule has 0 radical (unpaired) electrons. The van der Waals surface area contributed by atoms with Gasteiger partial charge in [-0.1, -0.05) is 18.2 Å². The number of halogens is 1. The highest BCUT2D eigenvalue weighted by molar-refractivity contribution is 6.04. The van der Waals surface area contributed by atoms with Crippen molar-refractivity contribution >= 4 is 33.8 Å². The van der Waals surface area contributed by atoms with Crippen LogP contribution in [-0.2, 0) is 0 Å². The molecule has 0 spiro atoms. The smallest absolute Gasteiger partial charge is 0.255 e. The molecule has 0 saturated heterocycles. The number of hydrogen-bond acceptors (Lipinski definition) is 7. The van der Waals surface area contributed by atoms with E-state index in [9.17, 15) is 9.18 Å². The lowest BCUT2D eigenvalue weighted by molar-refractivity contribution is 0.102. The molecule has 5 aromatic heterocycles. The van der Waals surface area contributed by atoms with Crippen LogP contribution in [0.25, 0.3) is 56.1 Å². The lowest BCUT2D eigenvalue weighted by Gasteiger charge is -2.07. The highest BCUT2D eigenvalue weighted by Gasteiger charge is 2.18. The number of hydrogen-bond donors (Lipinski definition) is 3. The van der Waals surface area contributed by atoms with Gasteiger partial charge in [-0.05, 0) is 54.1 Å². The van der Waals surface area contributed by atoms with Crippen LogP contribution in [0, 0.1) is 5.82 Å². The third kappa shape index (κ3) is 4.58. The average Bonchev–Trinajstić information content (AvgIpc) is 3.65. The lowest BCUT2D eigenvalue weighted by Crippen LogP contribution is -2.11. The van der Waals surface area contributed by atoms with Crippen LogP contribution in [-0.4, -0.2) is 48.1 Å². The molecule has 1 amide bonds. The average molecular weight is 557 g/mol. The van der Waals surface area contributed by atoms with E-state index in [2.05, 4.69) is 30.5 Å². The molecule has 0 fully saturated rings. The molecule has 10 nitrogen and oxygen atoms in total. The largest absolute Gasteiger partial charge is 0.497 e. The monoisotopic (exact) mass is 556 g/mol. The highest BCUT2D eigenvalue weighted by Crippen LogP contribution is 2.33. The van der Waals surface area contributed by atoms with Gasteiger partial charge in [0, 0.05) is 35.2 Å². The Hall–Kier alpha value is -5.97. The molecule has 0 bridgehead atoms. The van der Waals surface area contributed by atoms with Crippen LogP contribution in [0.3, 0.4) is 0 Å². The highest BCUT2D eigenvalue weighted by atomic mass is 19.1. The zero-order valence-electron chi connectivity index (χ0n) is 22.1. The van der Waals surface area contributed by atoms with Crippen molar-refractivity contribution in [2.45, 2.75) is 0 Å². The fourth-order valence-electron chi connectivity index (χ4n) is 4.76. The maximum absolute atomic E-state index is 14.3. The Labute approximate surface area is 237 Å². The Morgan fingerprint density at radius 1 is 0.929 bits per heavy atom. The number of carbonyl (C=O) groups is 1. The maximum atomic E-state index is 14.3. The minimum Gasteiger partial charge on any atom is -0.497 e. The summed E-state index contributed by atoms with van der Waals surface area (Å²) >= 11 is 0. The third-order valence-corrected chi connectivity index (χ3v) is 6.76. The molecule has 7 aromatic rings. The van der Waals surface area contributed by atoms with Crippen LogP contribution in [0.2, 0.25) is 0 Å². The predicted molar refractivity (Wildman–Crippen MR) is 156 cm³/mol. The van der Waals surface area contributed by atoms with Crippen LogP contribution in [0.1, 0.15) is 10.4 Å². The molecule has 3 N–H and O–H groups in total. The Kier molecular flexibility index (Phi) is 6.08. The number of nitrogens with zero attached hydrogens (tertiary/aromatic N) is 5. The Morgan fingerprint density at radius 3 is 2.67 bits per heavy atom. The van der Waals surface area contributed by atoms with Crippen molar-refractivity contribution in [2.75, 3.05) is 12.4 Å². The van der Waals surface area contributed by atoms with Crippen LogP contribution in [0.4, 0.5) is 10.1 Å². The van der Waals surface area contributed by atoms with E-state index in [4.69, 9.17) is 14.7 Å². The van der Waals surface area contributed by atoms with E-state index >= 15 is 0 Å². The van der Waals surface area contributed by atoms with Gasteiger partial charge in [-0.15, -0.1) is 0 Å². The summed E-state index contributed by atoms with van der Waals surface area (Å²) in [6.45, 7) is 0. The normalized spacial score (nSPS) is 11.2. The summed E-state index contributed by atoms with van der Waals surface area (Å²) in [5.41, 5.74) is 6.59. The second-order valence-corrected chi connectivity index (χ2v) is 9.47. The number of imidazole rings is 1. The molecule has 0 aliphatic carbocycles. The van der Waals surface area contributed by atoms with Crippen LogP contribution < -0.4 is 10.1 Å². The summed E-state index contributed by atoms with van der Waals surface area (Å²) in [4.78, 5) is 34.2. The number of aromatic nitrogens is 7. The summed E-state index contributed by atoms with van der Waals surface area (Å²) < 4.78 is 19.5. The van der Waals surface area contributed by atoms with Gasteiger partial charge in [0.1, 0.15) is 22.6 Å². The Balaban J connectivity index is 1.25. The SMILES string of the molecule is COc1cc(F)cc(-c2ccnc3[nH]c(-c4n[nH]c5ccc(-c6cncc(NC(=O)c7ccccc7)c6)nc45)nc23)c1. The van der Waals surface area contributed by atoms with E-state index in [-0.39, 0.29) is 5.91 Å². The van der Waals surface area contributed by atoms with Gasteiger partial charge in [0.25, 0.3) is 5.91 Å². The van der Waals surface area contributed by atoms with E-state index in [1.54, 1.807) is 42.9 Å². The van der Waals surface area contributed by atoms with E-state index in [0.29, 0.717) is 73.1 Å². The first kappa shape index (κ1) is 25.0. The number of pyridine rings is 3. The minimum atomic E-state index is -0.418. The van der Waals surface area contributed by atoms with Crippen LogP contribution >= 0.6 is 0 Å². The van der Waals surface area contributed by atoms with E-state index in [1.807, 2.05) is 36.4 Å². The number of amides is 1. The molecule has 11 heteroatoms. The fourth-order valence-corrected chi connectivity index (χ4v) is 4.76. The first-order valence-corrected chi connectivity index (χ1v) is 12.9. The number of nitrogens with one attached hydrogen (secondary N) is 3. The molecule has 0 saturated carbocycles. The van der Waals surface area contributed by atoms with Gasteiger partial charge in [-0.3, -0.25) is 14.9 Å². The molecule has 42 heavy (non-hydrogen) atoms. The number of carbonyl (C=O) groups excluding carboxylic acids is 1. The molecular weight excluding hydrogens is 535 g/mol. The van der Waals surface area contributed by atoms with E-state index < -0.39 is 5.82 Å². The Morgan fingerprint density at radius 2 is 1.81 bits per heavy atom. The van der Waals surface area contributed by atoms with Gasteiger partial charge >= 0.3 is 0 Å². The first-order valence-electron chi connectivity index (χ1n) is 12.9. The van der Waals surface area contributed by atoms with Crippen LogP contribution in [0.15, 0.2) is 91.4 Å². The standard InChI is InChI=1S/C31H21FN8O2/c1-42-22-13-18(11-20(32)14-22)23-9-10-34-29-26(23)37-30(38-29)28-27-25(39-40-28)8-7-24(36-27)19-12-21(16-33-15-19)35-31(41)17-5-3-2-4-6-17/h2-16H,1H3,(H,35,41)(H,39,40)(H,34,37,38). The van der Waals surface area contributed by atoms with Gasteiger partial charge in [-0.25, -0.2) is 19.3 Å². The van der Waals surface area contributed by atoms with Gasteiger partial charge in [0.2, 0.25) is 0 Å². The topological polar surface area (TPSA) is 134 Å². The van der Waals surface area contributed by atoms with Gasteiger partial charge in [-0.2, -0.15) is 5.10 Å². The molecule has 204 valence electrons. The minimum absolute atomic E-state index is 0.232. The number of ether oxygens (including phenoxy) is 1. The number of aromatic amines is 2. The van der Waals surface area contributed by atoms with Crippen molar-refractivity contribution in [2.24, 2.45) is 0 Å². The Bertz CT molecular complexity index is 2110. The number of H-pyrrole nitrogens is 2. The van der Waals surface area contributed by atoms with Crippen molar-refractivity contribution in [1.82, 2.24) is 35.1 Å². The van der Waals surface area contributed by atoms with Crippen LogP contribution in [0.5, 0.6) is 5.75 Å². The second-order valence-electron chi connectivity index (χ2n) is 9.47. The maximum Gasteiger partial charge on any atom is 0.255 e. The number of rotatable bonds is 6. The van der Waals surface area contributed by atoms with Gasteiger partial charge in [0.15, 0.2) is 17.2 Å². The molecule has 0 aliphatic rings. The number of anilines is 1. The fraction of sp³-hybridized carbons (Fsp3) is 0.0323. The summed E-state index contributed by atoms with van der Waals surface area (Å²) in [5, 5.41) is 10.4. The van der Waals surface area contributed by atoms with Gasteiger partial charge < -0.3 is 15.0 Å². The van der Waals surface area contributed by atoms with E-state index in [0.717, 1.165) is 0 Å². The number of benzene rings is 2. The second kappa shape index (κ2) is 10.2.